The van der Waals surface area contributed by atoms with Crippen LogP contribution in [0.2, 0.25) is 0 Å². The van der Waals surface area contributed by atoms with Crippen molar-refractivity contribution in [2.75, 3.05) is 13.2 Å². The normalized spacial score (nSPS) is 25.0. The Kier molecular flexibility index (Phi) is 5.89. The first-order chi connectivity index (χ1) is 14.2. The van der Waals surface area contributed by atoms with Crippen molar-refractivity contribution >= 4 is 10.0 Å². The number of fused-ring (bicyclic) bond motifs is 1. The van der Waals surface area contributed by atoms with E-state index in [0.717, 1.165) is 18.6 Å². The van der Waals surface area contributed by atoms with Gasteiger partial charge in [-0.1, -0.05) is 24.3 Å². The van der Waals surface area contributed by atoms with Gasteiger partial charge in [-0.25, -0.2) is 13.1 Å². The van der Waals surface area contributed by atoms with E-state index in [-0.39, 0.29) is 23.1 Å². The fraction of sp³-hybridized carbons (Fsp3) is 0.429. The van der Waals surface area contributed by atoms with Gasteiger partial charge in [0, 0.05) is 6.04 Å². The molecule has 0 amide bonds. The summed E-state index contributed by atoms with van der Waals surface area (Å²) in [6.07, 6.45) is -2.59. The molecule has 1 aliphatic carbocycles. The van der Waals surface area contributed by atoms with Gasteiger partial charge in [-0.05, 0) is 54.7 Å². The standard InChI is InChI=1S/C21H22F3NO4S/c22-21(23,24)16-3-1-2-15(12-16)14-4-7-18(8-5-14)30(26,27)25-17-6-9-19-20(13-17)29-11-10-28-19/h1-5,7-8,12,17,19-20,25H,6,9-11,13H2/t17-,19+,20-/m1/s1. The van der Waals surface area contributed by atoms with Crippen LogP contribution in [-0.4, -0.2) is 39.9 Å². The van der Waals surface area contributed by atoms with Crippen LogP contribution < -0.4 is 4.72 Å². The molecule has 1 heterocycles. The minimum absolute atomic E-state index is 0.0197. The highest BCUT2D eigenvalue weighted by molar-refractivity contribution is 7.89. The fourth-order valence-corrected chi connectivity index (χ4v) is 5.25. The fourth-order valence-electron chi connectivity index (χ4n) is 3.96. The summed E-state index contributed by atoms with van der Waals surface area (Å²) in [5.41, 5.74) is 0.130. The average Bonchev–Trinajstić information content (AvgIpc) is 2.73. The number of rotatable bonds is 4. The molecule has 162 valence electrons. The molecule has 1 aliphatic heterocycles. The minimum atomic E-state index is -4.44. The van der Waals surface area contributed by atoms with Gasteiger partial charge in [0.15, 0.2) is 0 Å². The molecule has 3 atom stereocenters. The first-order valence-corrected chi connectivity index (χ1v) is 11.2. The van der Waals surface area contributed by atoms with Crippen LogP contribution in [0.3, 0.4) is 0 Å². The number of benzene rings is 2. The Bertz CT molecular complexity index is 992. The molecule has 2 aromatic carbocycles. The first-order valence-electron chi connectivity index (χ1n) is 9.76. The van der Waals surface area contributed by atoms with Gasteiger partial charge in [0.05, 0.1) is 35.9 Å². The van der Waals surface area contributed by atoms with Gasteiger partial charge in [-0.3, -0.25) is 0 Å². The lowest BCUT2D eigenvalue weighted by atomic mass is 9.90. The van der Waals surface area contributed by atoms with Crippen molar-refractivity contribution in [2.24, 2.45) is 0 Å². The largest absolute Gasteiger partial charge is 0.416 e. The van der Waals surface area contributed by atoms with Gasteiger partial charge in [0.2, 0.25) is 10.0 Å². The second-order valence-electron chi connectivity index (χ2n) is 7.55. The molecular formula is C21H22F3NO4S. The van der Waals surface area contributed by atoms with Crippen LogP contribution in [-0.2, 0) is 25.7 Å². The molecule has 1 saturated carbocycles. The minimum Gasteiger partial charge on any atom is -0.373 e. The highest BCUT2D eigenvalue weighted by atomic mass is 32.2. The third kappa shape index (κ3) is 4.69. The number of halogens is 3. The van der Waals surface area contributed by atoms with E-state index in [1.807, 2.05) is 0 Å². The van der Waals surface area contributed by atoms with Gasteiger partial charge in [-0.15, -0.1) is 0 Å². The summed E-state index contributed by atoms with van der Waals surface area (Å²) in [5, 5.41) is 0. The van der Waals surface area contributed by atoms with Crippen molar-refractivity contribution < 1.29 is 31.1 Å². The van der Waals surface area contributed by atoms with E-state index in [4.69, 9.17) is 9.47 Å². The maximum absolute atomic E-state index is 12.9. The van der Waals surface area contributed by atoms with Crippen LogP contribution in [0.4, 0.5) is 13.2 Å². The zero-order valence-corrected chi connectivity index (χ0v) is 16.9. The van der Waals surface area contributed by atoms with Crippen LogP contribution in [0.25, 0.3) is 11.1 Å². The van der Waals surface area contributed by atoms with E-state index >= 15 is 0 Å². The molecule has 0 aromatic heterocycles. The molecule has 4 rings (SSSR count). The Balaban J connectivity index is 1.47. The summed E-state index contributed by atoms with van der Waals surface area (Å²) in [4.78, 5) is 0.0705. The van der Waals surface area contributed by atoms with Crippen LogP contribution >= 0.6 is 0 Å². The highest BCUT2D eigenvalue weighted by Gasteiger charge is 2.36. The SMILES string of the molecule is O=S(=O)(N[C@@H]1CC[C@@H]2OCCO[C@@H]2C1)c1ccc(-c2cccc(C(F)(F)F)c2)cc1. The third-order valence-electron chi connectivity index (χ3n) is 5.49. The predicted octanol–water partition coefficient (Wildman–Crippen LogP) is 3.99. The summed E-state index contributed by atoms with van der Waals surface area (Å²) in [7, 11) is -3.75. The Morgan fingerprint density at radius 3 is 2.30 bits per heavy atom. The van der Waals surface area contributed by atoms with Crippen molar-refractivity contribution in [1.82, 2.24) is 4.72 Å². The number of nitrogens with one attached hydrogen (secondary N) is 1. The molecule has 1 N–H and O–H groups in total. The van der Waals surface area contributed by atoms with Crippen LogP contribution in [0.5, 0.6) is 0 Å². The number of ether oxygens (including phenoxy) is 2. The number of hydrogen-bond donors (Lipinski definition) is 1. The highest BCUT2D eigenvalue weighted by Crippen LogP contribution is 2.32. The van der Waals surface area contributed by atoms with Gasteiger partial charge < -0.3 is 9.47 Å². The van der Waals surface area contributed by atoms with Gasteiger partial charge in [0.25, 0.3) is 0 Å². The Hall–Kier alpha value is -1.94. The smallest absolute Gasteiger partial charge is 0.373 e. The lowest BCUT2D eigenvalue weighted by Gasteiger charge is -2.38. The van der Waals surface area contributed by atoms with Crippen LogP contribution in [0, 0.1) is 0 Å². The number of hydrogen-bond acceptors (Lipinski definition) is 4. The lowest BCUT2D eigenvalue weighted by molar-refractivity contribution is -0.156. The quantitative estimate of drug-likeness (QED) is 0.780. The van der Waals surface area contributed by atoms with Crippen molar-refractivity contribution in [1.29, 1.82) is 0 Å². The summed E-state index contributed by atoms with van der Waals surface area (Å²) < 4.78 is 78.4. The number of alkyl halides is 3. The van der Waals surface area contributed by atoms with Crippen molar-refractivity contribution in [3.05, 3.63) is 54.1 Å². The Labute approximate surface area is 173 Å². The van der Waals surface area contributed by atoms with Crippen LogP contribution in [0.1, 0.15) is 24.8 Å². The molecule has 30 heavy (non-hydrogen) atoms. The molecule has 2 aromatic rings. The molecule has 1 saturated heterocycles. The van der Waals surface area contributed by atoms with Crippen LogP contribution in [0.15, 0.2) is 53.4 Å². The maximum atomic E-state index is 12.9. The maximum Gasteiger partial charge on any atom is 0.416 e. The van der Waals surface area contributed by atoms with E-state index < -0.39 is 21.8 Å². The topological polar surface area (TPSA) is 64.6 Å². The molecule has 0 radical (unpaired) electrons. The van der Waals surface area contributed by atoms with Crippen molar-refractivity contribution in [3.8, 4) is 11.1 Å². The summed E-state index contributed by atoms with van der Waals surface area (Å²) in [6, 6.07) is 10.5. The van der Waals surface area contributed by atoms with Crippen molar-refractivity contribution in [2.45, 2.75) is 48.6 Å². The Morgan fingerprint density at radius 1 is 0.900 bits per heavy atom. The van der Waals surface area contributed by atoms with Gasteiger partial charge in [0.1, 0.15) is 0 Å². The van der Waals surface area contributed by atoms with E-state index in [0.29, 0.717) is 37.2 Å². The molecule has 5 nitrogen and oxygen atoms in total. The lowest BCUT2D eigenvalue weighted by Crippen LogP contribution is -2.49. The predicted molar refractivity (Wildman–Crippen MR) is 104 cm³/mol. The monoisotopic (exact) mass is 441 g/mol. The molecule has 2 fully saturated rings. The second-order valence-corrected chi connectivity index (χ2v) is 9.27. The van der Waals surface area contributed by atoms with E-state index in [1.165, 1.54) is 30.3 Å². The summed E-state index contributed by atoms with van der Waals surface area (Å²) >= 11 is 0. The summed E-state index contributed by atoms with van der Waals surface area (Å²) in [6.45, 7) is 1.08. The second kappa shape index (κ2) is 8.30. The molecule has 0 bridgehead atoms. The molecular weight excluding hydrogens is 419 g/mol. The Morgan fingerprint density at radius 2 is 1.60 bits per heavy atom. The van der Waals surface area contributed by atoms with E-state index in [1.54, 1.807) is 6.07 Å². The molecule has 9 heteroatoms. The third-order valence-corrected chi connectivity index (χ3v) is 7.02. The number of sulfonamides is 1. The summed E-state index contributed by atoms with van der Waals surface area (Å²) in [5.74, 6) is 0. The van der Waals surface area contributed by atoms with Crippen molar-refractivity contribution in [3.63, 3.8) is 0 Å². The first kappa shape index (κ1) is 21.3. The zero-order valence-electron chi connectivity index (χ0n) is 16.1. The van der Waals surface area contributed by atoms with E-state index in [2.05, 4.69) is 4.72 Å². The molecule has 0 unspecified atom stereocenters. The van der Waals surface area contributed by atoms with Gasteiger partial charge >= 0.3 is 6.18 Å². The molecule has 2 aliphatic rings. The average molecular weight is 441 g/mol. The molecule has 0 spiro atoms. The van der Waals surface area contributed by atoms with Gasteiger partial charge in [-0.2, -0.15) is 13.2 Å². The van der Waals surface area contributed by atoms with E-state index in [9.17, 15) is 21.6 Å². The zero-order chi connectivity index (χ0) is 21.4.